The minimum absolute atomic E-state index is 0.147. The molecule has 0 unspecified atom stereocenters. The second-order valence-electron chi connectivity index (χ2n) is 2.80. The Balaban J connectivity index is 2.92. The highest BCUT2D eigenvalue weighted by molar-refractivity contribution is 5.39. The van der Waals surface area contributed by atoms with Crippen molar-refractivity contribution < 1.29 is 34.6 Å². The minimum Gasteiger partial charge on any atom is -0.506 e. The van der Waals surface area contributed by atoms with Crippen LogP contribution in [-0.2, 0) is 17.5 Å². The van der Waals surface area contributed by atoms with Crippen molar-refractivity contribution in [3.8, 4) is 5.75 Å². The molecule has 15 heavy (non-hydrogen) atoms. The number of aromatic hydroxyl groups is 1. The van der Waals surface area contributed by atoms with E-state index in [1.165, 1.54) is 6.20 Å². The molecule has 1 aromatic heterocycles. The number of aliphatic hydroxyl groups is 1. The van der Waals surface area contributed by atoms with Gasteiger partial charge in [-0.05, 0) is 6.92 Å². The Morgan fingerprint density at radius 1 is 1.53 bits per heavy atom. The molecular formula is C8H10ClNO5. The maximum absolute atomic E-state index is 10.1. The molecule has 6 nitrogen and oxygen atoms in total. The molecule has 7 heteroatoms. The van der Waals surface area contributed by atoms with Gasteiger partial charge < -0.3 is 19.5 Å². The third kappa shape index (κ3) is 3.01. The van der Waals surface area contributed by atoms with Gasteiger partial charge in [0.2, 0.25) is 0 Å². The molecule has 0 amide bonds. The summed E-state index contributed by atoms with van der Waals surface area (Å²) in [6, 6.07) is 0. The van der Waals surface area contributed by atoms with Crippen LogP contribution in [0.2, 0.25) is 0 Å². The molecule has 0 fully saturated rings. The monoisotopic (exact) mass is 235 g/mol. The van der Waals surface area contributed by atoms with Crippen LogP contribution in [0.25, 0.3) is 0 Å². The molecule has 0 radical (unpaired) electrons. The molecule has 0 aliphatic heterocycles. The molecule has 0 spiro atoms. The Labute approximate surface area is 89.2 Å². The molecule has 1 rings (SSSR count). The number of halogens is 1. The van der Waals surface area contributed by atoms with Crippen LogP contribution >= 0.6 is 0 Å². The van der Waals surface area contributed by atoms with Crippen LogP contribution < -0.4 is 9.32 Å². The van der Waals surface area contributed by atoms with E-state index in [2.05, 4.69) is 9.27 Å². The molecule has 2 N–H and O–H groups in total. The first kappa shape index (κ1) is 12.2. The van der Waals surface area contributed by atoms with Gasteiger partial charge in [-0.3, -0.25) is 4.98 Å². The zero-order valence-corrected chi connectivity index (χ0v) is 8.69. The summed E-state index contributed by atoms with van der Waals surface area (Å²) in [4.78, 5) is 3.82. The first-order valence-electron chi connectivity index (χ1n) is 4.02. The van der Waals surface area contributed by atoms with Crippen LogP contribution in [-0.4, -0.2) is 15.2 Å². The summed E-state index contributed by atoms with van der Waals surface area (Å²) in [6.07, 6.45) is 1.35. The molecule has 0 bridgehead atoms. The Bertz CT molecular complexity index is 344. The van der Waals surface area contributed by atoms with Gasteiger partial charge in [-0.1, -0.05) is 0 Å². The predicted molar refractivity (Wildman–Crippen MR) is 41.4 cm³/mol. The van der Waals surface area contributed by atoms with Crippen molar-refractivity contribution in [2.24, 2.45) is 0 Å². The summed E-state index contributed by atoms with van der Waals surface area (Å²) in [5.41, 5.74) is 0.916. The summed E-state index contributed by atoms with van der Waals surface area (Å²) in [6.45, 7) is 0.891. The Kier molecular flexibility index (Phi) is 4.25. The lowest BCUT2D eigenvalue weighted by Crippen LogP contribution is -2.34. The number of aromatic nitrogens is 1. The Morgan fingerprint density at radius 3 is 2.73 bits per heavy atom. The van der Waals surface area contributed by atoms with E-state index >= 15 is 0 Å². The molecule has 0 aromatic carbocycles. The zero-order valence-electron chi connectivity index (χ0n) is 7.94. The van der Waals surface area contributed by atoms with E-state index in [1.54, 1.807) is 6.92 Å². The fraction of sp³-hybridized carbons (Fsp3) is 0.375. The van der Waals surface area contributed by atoms with E-state index < -0.39 is 17.4 Å². The highest BCUT2D eigenvalue weighted by atomic mass is 35.6. The molecule has 0 atom stereocenters. The van der Waals surface area contributed by atoms with Crippen molar-refractivity contribution >= 4 is 0 Å². The smallest absolute Gasteiger partial charge is 0.286 e. The van der Waals surface area contributed by atoms with Crippen molar-refractivity contribution in [1.29, 1.82) is 0 Å². The van der Waals surface area contributed by atoms with Crippen LogP contribution in [0.5, 0.6) is 5.75 Å². The summed E-state index contributed by atoms with van der Waals surface area (Å²) >= 11 is 0. The molecule has 1 aromatic rings. The van der Waals surface area contributed by atoms with Crippen molar-refractivity contribution in [3.63, 3.8) is 0 Å². The fourth-order valence-electron chi connectivity index (χ4n) is 1.09. The normalized spacial score (nSPS) is 11.0. The average Bonchev–Trinajstić information content (AvgIpc) is 2.19. The number of rotatable bonds is 4. The van der Waals surface area contributed by atoms with Gasteiger partial charge in [-0.15, -0.1) is 0 Å². The maximum atomic E-state index is 10.1. The molecule has 0 aliphatic rings. The average molecular weight is 236 g/mol. The molecule has 84 valence electrons. The van der Waals surface area contributed by atoms with Crippen molar-refractivity contribution in [2.45, 2.75) is 20.1 Å². The SMILES string of the molecule is Cc1ncc(CO[Cl+2]([O-])[O-])c(CO)c1O. The molecule has 0 aliphatic carbocycles. The Hall–Kier alpha value is -0.920. The number of hydrogen-bond donors (Lipinski definition) is 2. The van der Waals surface area contributed by atoms with Crippen LogP contribution in [0, 0.1) is 17.7 Å². The highest BCUT2D eigenvalue weighted by Gasteiger charge is 2.15. The van der Waals surface area contributed by atoms with E-state index in [0.717, 1.165) is 0 Å². The summed E-state index contributed by atoms with van der Waals surface area (Å²) < 4.78 is 24.5. The number of nitrogens with zero attached hydrogens (tertiary/aromatic N) is 1. The zero-order chi connectivity index (χ0) is 11.4. The second-order valence-corrected chi connectivity index (χ2v) is 3.39. The first-order chi connectivity index (χ1) is 7.06. The van der Waals surface area contributed by atoms with Gasteiger partial charge in [0.05, 0.1) is 12.3 Å². The Morgan fingerprint density at radius 2 is 2.20 bits per heavy atom. The van der Waals surface area contributed by atoms with E-state index in [1.807, 2.05) is 0 Å². The summed E-state index contributed by atoms with van der Waals surface area (Å²) in [7, 11) is -2.31. The topological polar surface area (TPSA) is 109 Å². The predicted octanol–water partition coefficient (Wildman–Crippen LogP) is -1.81. The van der Waals surface area contributed by atoms with Crippen LogP contribution in [0.3, 0.4) is 0 Å². The number of pyridine rings is 1. The number of aliphatic hydroxyl groups excluding tert-OH is 1. The quantitative estimate of drug-likeness (QED) is 0.637. The van der Waals surface area contributed by atoms with Crippen LogP contribution in [0.1, 0.15) is 16.8 Å². The second kappa shape index (κ2) is 5.24. The number of hydrogen-bond acceptors (Lipinski definition) is 6. The van der Waals surface area contributed by atoms with E-state index in [-0.39, 0.29) is 17.9 Å². The van der Waals surface area contributed by atoms with Crippen LogP contribution in [0.4, 0.5) is 0 Å². The number of aryl methyl sites for hydroxylation is 1. The van der Waals surface area contributed by atoms with Gasteiger partial charge in [-0.2, -0.15) is 0 Å². The third-order valence-corrected chi connectivity index (χ3v) is 2.17. The molecule has 0 saturated heterocycles. The lowest BCUT2D eigenvalue weighted by molar-refractivity contribution is -1.63. The van der Waals surface area contributed by atoms with Crippen molar-refractivity contribution in [2.75, 3.05) is 0 Å². The maximum Gasteiger partial charge on any atom is 0.286 e. The van der Waals surface area contributed by atoms with Gasteiger partial charge in [0.25, 0.3) is 10.8 Å². The first-order valence-corrected chi connectivity index (χ1v) is 4.94. The standard InChI is InChI=1S/C8H10ClNO5/c1-5-8(12)7(3-11)6(2-10-5)4-15-9(13)14/h2,11-12H,3-4H2,1H3. The molecular weight excluding hydrogens is 226 g/mol. The minimum atomic E-state index is -2.31. The van der Waals surface area contributed by atoms with E-state index in [4.69, 9.17) is 5.11 Å². The lowest BCUT2D eigenvalue weighted by Gasteiger charge is -2.08. The largest absolute Gasteiger partial charge is 0.506 e. The lowest BCUT2D eigenvalue weighted by atomic mass is 10.1. The third-order valence-electron chi connectivity index (χ3n) is 1.89. The van der Waals surface area contributed by atoms with Crippen LogP contribution in [0.15, 0.2) is 6.20 Å². The van der Waals surface area contributed by atoms with Gasteiger partial charge >= 0.3 is 0 Å². The van der Waals surface area contributed by atoms with E-state index in [0.29, 0.717) is 11.3 Å². The highest BCUT2D eigenvalue weighted by Crippen LogP contribution is 2.24. The summed E-state index contributed by atoms with van der Waals surface area (Å²) in [5, 5.41) is 18.5. The van der Waals surface area contributed by atoms with Gasteiger partial charge in [0, 0.05) is 21.6 Å². The van der Waals surface area contributed by atoms with Crippen molar-refractivity contribution in [3.05, 3.63) is 23.0 Å². The molecule has 0 saturated carbocycles. The van der Waals surface area contributed by atoms with Gasteiger partial charge in [-0.25, -0.2) is 0 Å². The van der Waals surface area contributed by atoms with E-state index in [9.17, 15) is 14.4 Å². The summed E-state index contributed by atoms with van der Waals surface area (Å²) in [5.74, 6) is -0.147. The van der Waals surface area contributed by atoms with Crippen molar-refractivity contribution in [1.82, 2.24) is 4.98 Å². The molecule has 1 heterocycles. The van der Waals surface area contributed by atoms with Gasteiger partial charge in [0.15, 0.2) is 6.61 Å². The fourth-order valence-corrected chi connectivity index (χ4v) is 1.30. The van der Waals surface area contributed by atoms with Gasteiger partial charge in [0.1, 0.15) is 5.75 Å².